The molecule has 110 valence electrons. The van der Waals surface area contributed by atoms with Crippen molar-refractivity contribution in [3.8, 4) is 0 Å². The fourth-order valence-electron chi connectivity index (χ4n) is 3.13. The summed E-state index contributed by atoms with van der Waals surface area (Å²) >= 11 is 6.25. The molecule has 4 heteroatoms. The minimum atomic E-state index is 0.341. The van der Waals surface area contributed by atoms with Gasteiger partial charge in [0.1, 0.15) is 0 Å². The quantitative estimate of drug-likeness (QED) is 0.923. The second kappa shape index (κ2) is 6.44. The van der Waals surface area contributed by atoms with Crippen LogP contribution >= 0.6 is 11.6 Å². The Morgan fingerprint density at radius 3 is 2.90 bits per heavy atom. The van der Waals surface area contributed by atoms with Gasteiger partial charge in [-0.3, -0.25) is 0 Å². The lowest BCUT2D eigenvalue weighted by Crippen LogP contribution is -2.49. The predicted molar refractivity (Wildman–Crippen MR) is 82.5 cm³/mol. The van der Waals surface area contributed by atoms with Crippen LogP contribution in [0, 0.1) is 0 Å². The van der Waals surface area contributed by atoms with Gasteiger partial charge >= 0.3 is 0 Å². The number of hydrogen-bond donors (Lipinski definition) is 1. The molecule has 20 heavy (non-hydrogen) atoms. The number of ether oxygens (including phenoxy) is 1. The van der Waals surface area contributed by atoms with E-state index in [-0.39, 0.29) is 0 Å². The highest BCUT2D eigenvalue weighted by molar-refractivity contribution is 6.31. The number of benzene rings is 1. The van der Waals surface area contributed by atoms with Crippen molar-refractivity contribution in [2.24, 2.45) is 0 Å². The van der Waals surface area contributed by atoms with E-state index in [0.29, 0.717) is 18.1 Å². The number of nitrogens with zero attached hydrogens (tertiary/aromatic N) is 1. The minimum absolute atomic E-state index is 0.341. The van der Waals surface area contributed by atoms with Crippen molar-refractivity contribution in [1.82, 2.24) is 10.2 Å². The third-order valence-corrected chi connectivity index (χ3v) is 4.80. The average molecular weight is 295 g/mol. The standard InChI is InChI=1S/C16H23ClN2O/c1-19-6-7-20-14(11-19)10-18-13-8-12(9-13)15-4-2-3-5-16(15)17/h2-5,12-14,18H,6-11H2,1H3. The molecule has 0 aromatic heterocycles. The van der Waals surface area contributed by atoms with Crippen LogP contribution in [-0.4, -0.2) is 50.3 Å². The lowest BCUT2D eigenvalue weighted by atomic mass is 9.76. The average Bonchev–Trinajstić information content (AvgIpc) is 2.39. The zero-order valence-electron chi connectivity index (χ0n) is 12.0. The Labute approximate surface area is 126 Å². The summed E-state index contributed by atoms with van der Waals surface area (Å²) in [4.78, 5) is 2.34. The molecule has 2 aliphatic rings. The van der Waals surface area contributed by atoms with Gasteiger partial charge in [0, 0.05) is 30.7 Å². The van der Waals surface area contributed by atoms with Gasteiger partial charge in [-0.1, -0.05) is 29.8 Å². The van der Waals surface area contributed by atoms with Crippen molar-refractivity contribution in [2.45, 2.75) is 30.9 Å². The molecule has 1 unspecified atom stereocenters. The van der Waals surface area contributed by atoms with E-state index in [4.69, 9.17) is 16.3 Å². The summed E-state index contributed by atoms with van der Waals surface area (Å²) in [6.45, 7) is 3.90. The third kappa shape index (κ3) is 3.34. The van der Waals surface area contributed by atoms with Gasteiger partial charge in [-0.05, 0) is 37.4 Å². The van der Waals surface area contributed by atoms with E-state index in [0.717, 1.165) is 31.3 Å². The van der Waals surface area contributed by atoms with Gasteiger partial charge in [0.15, 0.2) is 0 Å². The highest BCUT2D eigenvalue weighted by Gasteiger charge is 2.31. The van der Waals surface area contributed by atoms with E-state index in [1.54, 1.807) is 0 Å². The van der Waals surface area contributed by atoms with Crippen LogP contribution in [0.3, 0.4) is 0 Å². The van der Waals surface area contributed by atoms with Crippen LogP contribution < -0.4 is 5.32 Å². The number of rotatable bonds is 4. The van der Waals surface area contributed by atoms with Gasteiger partial charge in [-0.25, -0.2) is 0 Å². The molecule has 3 nitrogen and oxygen atoms in total. The van der Waals surface area contributed by atoms with Crippen molar-refractivity contribution < 1.29 is 4.74 Å². The Kier molecular flexibility index (Phi) is 4.61. The Morgan fingerprint density at radius 1 is 1.35 bits per heavy atom. The molecule has 2 fully saturated rings. The van der Waals surface area contributed by atoms with Crippen molar-refractivity contribution in [2.75, 3.05) is 33.3 Å². The van der Waals surface area contributed by atoms with Gasteiger partial charge in [-0.15, -0.1) is 0 Å². The lowest BCUT2D eigenvalue weighted by Gasteiger charge is -2.38. The fraction of sp³-hybridized carbons (Fsp3) is 0.625. The molecule has 1 aliphatic carbocycles. The van der Waals surface area contributed by atoms with Gasteiger partial charge in [0.25, 0.3) is 0 Å². The molecule has 0 spiro atoms. The summed E-state index contributed by atoms with van der Waals surface area (Å²) in [5.41, 5.74) is 1.31. The molecule has 1 aliphatic heterocycles. The van der Waals surface area contributed by atoms with Crippen LogP contribution in [0.5, 0.6) is 0 Å². The van der Waals surface area contributed by atoms with E-state index in [2.05, 4.69) is 29.4 Å². The SMILES string of the molecule is CN1CCOC(CNC2CC(c3ccccc3Cl)C2)C1. The molecule has 1 saturated carbocycles. The zero-order chi connectivity index (χ0) is 13.9. The highest BCUT2D eigenvalue weighted by Crippen LogP contribution is 2.39. The molecule has 1 atom stereocenters. The van der Waals surface area contributed by atoms with Crippen LogP contribution in [0.15, 0.2) is 24.3 Å². The Bertz CT molecular complexity index is 448. The summed E-state index contributed by atoms with van der Waals surface area (Å²) in [5.74, 6) is 0.621. The van der Waals surface area contributed by atoms with E-state index in [1.165, 1.54) is 18.4 Å². The molecule has 3 rings (SSSR count). The van der Waals surface area contributed by atoms with Crippen LogP contribution in [-0.2, 0) is 4.74 Å². The minimum Gasteiger partial charge on any atom is -0.374 e. The smallest absolute Gasteiger partial charge is 0.0826 e. The summed E-state index contributed by atoms with van der Waals surface area (Å²) in [5, 5.41) is 4.54. The molecule has 1 heterocycles. The monoisotopic (exact) mass is 294 g/mol. The number of hydrogen-bond acceptors (Lipinski definition) is 3. The summed E-state index contributed by atoms with van der Waals surface area (Å²) in [6.07, 6.45) is 2.71. The molecule has 1 aromatic carbocycles. The molecule has 0 radical (unpaired) electrons. The molecule has 1 aromatic rings. The van der Waals surface area contributed by atoms with Crippen molar-refractivity contribution in [1.29, 1.82) is 0 Å². The van der Waals surface area contributed by atoms with Crippen LogP contribution in [0.1, 0.15) is 24.3 Å². The Balaban J connectivity index is 1.41. The van der Waals surface area contributed by atoms with E-state index < -0.39 is 0 Å². The Morgan fingerprint density at radius 2 is 2.15 bits per heavy atom. The summed E-state index contributed by atoms with van der Waals surface area (Å²) in [6, 6.07) is 8.84. The number of nitrogens with one attached hydrogen (secondary N) is 1. The van der Waals surface area contributed by atoms with Gasteiger partial charge < -0.3 is 15.0 Å². The van der Waals surface area contributed by atoms with E-state index >= 15 is 0 Å². The molecular formula is C16H23ClN2O. The van der Waals surface area contributed by atoms with Crippen LogP contribution in [0.2, 0.25) is 5.02 Å². The lowest BCUT2D eigenvalue weighted by molar-refractivity contribution is -0.0207. The van der Waals surface area contributed by atoms with Crippen molar-refractivity contribution in [3.63, 3.8) is 0 Å². The van der Waals surface area contributed by atoms with Crippen molar-refractivity contribution in [3.05, 3.63) is 34.9 Å². The fourth-order valence-corrected chi connectivity index (χ4v) is 3.42. The second-order valence-electron chi connectivity index (χ2n) is 6.05. The van der Waals surface area contributed by atoms with Crippen LogP contribution in [0.25, 0.3) is 0 Å². The van der Waals surface area contributed by atoms with Crippen molar-refractivity contribution >= 4 is 11.6 Å². The van der Waals surface area contributed by atoms with Gasteiger partial charge in [0.05, 0.1) is 12.7 Å². The molecular weight excluding hydrogens is 272 g/mol. The molecule has 1 N–H and O–H groups in total. The zero-order valence-corrected chi connectivity index (χ0v) is 12.8. The number of likely N-dealkylation sites (N-methyl/N-ethyl adjacent to an activating group) is 1. The normalized spacial score (nSPS) is 31.0. The van der Waals surface area contributed by atoms with E-state index in [1.807, 2.05) is 12.1 Å². The van der Waals surface area contributed by atoms with Crippen LogP contribution in [0.4, 0.5) is 0 Å². The van der Waals surface area contributed by atoms with Gasteiger partial charge in [-0.2, -0.15) is 0 Å². The molecule has 0 amide bonds. The van der Waals surface area contributed by atoms with E-state index in [9.17, 15) is 0 Å². The molecule has 1 saturated heterocycles. The second-order valence-corrected chi connectivity index (χ2v) is 6.46. The first kappa shape index (κ1) is 14.3. The molecule has 0 bridgehead atoms. The number of morpholine rings is 1. The first-order chi connectivity index (χ1) is 9.72. The summed E-state index contributed by atoms with van der Waals surface area (Å²) < 4.78 is 5.77. The maximum Gasteiger partial charge on any atom is 0.0826 e. The Hall–Kier alpha value is -0.610. The first-order valence-corrected chi connectivity index (χ1v) is 7.88. The number of halogens is 1. The van der Waals surface area contributed by atoms with Gasteiger partial charge in [0.2, 0.25) is 0 Å². The predicted octanol–water partition coefficient (Wildman–Crippen LogP) is 2.51. The maximum atomic E-state index is 6.25. The topological polar surface area (TPSA) is 24.5 Å². The highest BCUT2D eigenvalue weighted by atomic mass is 35.5. The first-order valence-electron chi connectivity index (χ1n) is 7.50. The maximum absolute atomic E-state index is 6.25. The summed E-state index contributed by atoms with van der Waals surface area (Å²) in [7, 11) is 2.16. The third-order valence-electron chi connectivity index (χ3n) is 4.46. The largest absolute Gasteiger partial charge is 0.374 e.